The van der Waals surface area contributed by atoms with Gasteiger partial charge in [-0.1, -0.05) is 6.07 Å². The van der Waals surface area contributed by atoms with Crippen LogP contribution in [-0.4, -0.2) is 40.9 Å². The second kappa shape index (κ2) is 5.83. The lowest BCUT2D eigenvalue weighted by atomic mass is 10.3. The van der Waals surface area contributed by atoms with Crippen molar-refractivity contribution in [1.82, 2.24) is 14.8 Å². The number of pyridine rings is 1. The first-order valence-corrected chi connectivity index (χ1v) is 5.13. The molecule has 0 aromatic carbocycles. The molecule has 1 rings (SSSR count). The highest BCUT2D eigenvalue weighted by Gasteiger charge is 2.11. The quantitative estimate of drug-likeness (QED) is 0.567. The van der Waals surface area contributed by atoms with Crippen LogP contribution in [0.3, 0.4) is 0 Å². The molecule has 6 nitrogen and oxygen atoms in total. The van der Waals surface area contributed by atoms with E-state index >= 15 is 0 Å². The Morgan fingerprint density at radius 2 is 2.24 bits per heavy atom. The summed E-state index contributed by atoms with van der Waals surface area (Å²) in [6, 6.07) is 3.78. The number of rotatable bonds is 5. The fraction of sp³-hybridized carbons (Fsp3) is 0.364. The summed E-state index contributed by atoms with van der Waals surface area (Å²) in [5, 5.41) is 10.5. The average molecular weight is 236 g/mol. The summed E-state index contributed by atoms with van der Waals surface area (Å²) in [4.78, 5) is 17.6. The SMILES string of the molecule is CN(C)/C(=C\[N+](=O)[O-])N(C)Cc1cccnc1. The third kappa shape index (κ3) is 4.10. The van der Waals surface area contributed by atoms with Crippen molar-refractivity contribution in [3.8, 4) is 0 Å². The number of nitrogens with zero attached hydrogens (tertiary/aromatic N) is 4. The minimum absolute atomic E-state index is 0.449. The van der Waals surface area contributed by atoms with Crippen LogP contribution in [0.4, 0.5) is 0 Å². The Balaban J connectivity index is 2.80. The Bertz CT molecular complexity index is 403. The minimum atomic E-state index is -0.449. The predicted octanol–water partition coefficient (Wildman–Crippen LogP) is 1.15. The lowest BCUT2D eigenvalue weighted by Crippen LogP contribution is -2.28. The van der Waals surface area contributed by atoms with Crippen molar-refractivity contribution < 1.29 is 4.92 Å². The van der Waals surface area contributed by atoms with Gasteiger partial charge in [0.2, 0.25) is 0 Å². The topological polar surface area (TPSA) is 62.5 Å². The first kappa shape index (κ1) is 13.0. The number of nitro groups is 1. The molecule has 0 N–H and O–H groups in total. The summed E-state index contributed by atoms with van der Waals surface area (Å²) in [6.45, 7) is 0.575. The molecular formula is C11H16N4O2. The van der Waals surface area contributed by atoms with Gasteiger partial charge >= 0.3 is 0 Å². The second-order valence-electron chi connectivity index (χ2n) is 3.88. The van der Waals surface area contributed by atoms with E-state index in [1.54, 1.807) is 36.3 Å². The van der Waals surface area contributed by atoms with Gasteiger partial charge in [0.1, 0.15) is 0 Å². The van der Waals surface area contributed by atoms with Crippen LogP contribution in [0.1, 0.15) is 5.56 Å². The first-order chi connectivity index (χ1) is 8.00. The fourth-order valence-corrected chi connectivity index (χ4v) is 1.50. The maximum absolute atomic E-state index is 10.5. The normalized spacial score (nSPS) is 11.1. The van der Waals surface area contributed by atoms with Crippen LogP contribution in [0.15, 0.2) is 36.5 Å². The Kier molecular flexibility index (Phi) is 4.45. The van der Waals surface area contributed by atoms with Crippen molar-refractivity contribution in [2.75, 3.05) is 21.1 Å². The van der Waals surface area contributed by atoms with Crippen molar-refractivity contribution in [2.24, 2.45) is 0 Å². The van der Waals surface area contributed by atoms with Gasteiger partial charge in [0, 0.05) is 40.1 Å². The van der Waals surface area contributed by atoms with Crippen molar-refractivity contribution in [2.45, 2.75) is 6.54 Å². The van der Waals surface area contributed by atoms with E-state index in [2.05, 4.69) is 4.98 Å². The van der Waals surface area contributed by atoms with Crippen LogP contribution < -0.4 is 0 Å². The number of hydrogen-bond acceptors (Lipinski definition) is 5. The van der Waals surface area contributed by atoms with Gasteiger partial charge in [-0.2, -0.15) is 0 Å². The molecule has 0 aliphatic carbocycles. The molecule has 1 aromatic rings. The molecule has 0 unspecified atom stereocenters. The largest absolute Gasteiger partial charge is 0.359 e. The third-order valence-electron chi connectivity index (χ3n) is 2.21. The summed E-state index contributed by atoms with van der Waals surface area (Å²) < 4.78 is 0. The van der Waals surface area contributed by atoms with E-state index in [4.69, 9.17) is 0 Å². The van der Waals surface area contributed by atoms with Crippen molar-refractivity contribution >= 4 is 0 Å². The minimum Gasteiger partial charge on any atom is -0.359 e. The zero-order valence-electron chi connectivity index (χ0n) is 10.2. The van der Waals surface area contributed by atoms with Crippen LogP contribution in [0.2, 0.25) is 0 Å². The highest BCUT2D eigenvalue weighted by molar-refractivity contribution is 5.09. The lowest BCUT2D eigenvalue weighted by molar-refractivity contribution is -0.405. The van der Waals surface area contributed by atoms with Gasteiger partial charge in [-0.05, 0) is 11.6 Å². The second-order valence-corrected chi connectivity index (χ2v) is 3.88. The van der Waals surface area contributed by atoms with E-state index < -0.39 is 4.92 Å². The molecule has 0 atom stereocenters. The highest BCUT2D eigenvalue weighted by Crippen LogP contribution is 2.09. The Morgan fingerprint density at radius 3 is 2.71 bits per heavy atom. The van der Waals surface area contributed by atoms with Gasteiger partial charge in [-0.15, -0.1) is 0 Å². The lowest BCUT2D eigenvalue weighted by Gasteiger charge is -2.25. The number of hydrogen-bond donors (Lipinski definition) is 0. The van der Waals surface area contributed by atoms with E-state index in [1.165, 1.54) is 0 Å². The molecule has 0 amide bonds. The summed E-state index contributed by atoms with van der Waals surface area (Å²) in [6.07, 6.45) is 4.44. The molecule has 0 bridgehead atoms. The summed E-state index contributed by atoms with van der Waals surface area (Å²) in [7, 11) is 5.35. The predicted molar refractivity (Wildman–Crippen MR) is 64.5 cm³/mol. The van der Waals surface area contributed by atoms with Gasteiger partial charge in [0.25, 0.3) is 6.20 Å². The maximum Gasteiger partial charge on any atom is 0.274 e. The van der Waals surface area contributed by atoms with Gasteiger partial charge in [-0.3, -0.25) is 15.1 Å². The number of aromatic nitrogens is 1. The molecule has 1 heterocycles. The van der Waals surface area contributed by atoms with Gasteiger partial charge < -0.3 is 9.80 Å². The van der Waals surface area contributed by atoms with Crippen molar-refractivity contribution in [3.63, 3.8) is 0 Å². The third-order valence-corrected chi connectivity index (χ3v) is 2.21. The summed E-state index contributed by atoms with van der Waals surface area (Å²) in [5.74, 6) is 0.541. The zero-order chi connectivity index (χ0) is 12.8. The standard InChI is InChI=1S/C11H16N4O2/c1-13(2)11(9-15(16)17)14(3)8-10-5-4-6-12-7-10/h4-7,9H,8H2,1-3H3/b11-9+. The average Bonchev–Trinajstić information content (AvgIpc) is 2.26. The Hall–Kier alpha value is -2.11. The van der Waals surface area contributed by atoms with E-state index in [0.29, 0.717) is 12.4 Å². The van der Waals surface area contributed by atoms with Gasteiger partial charge in [0.15, 0.2) is 5.82 Å². The molecule has 0 saturated carbocycles. The highest BCUT2D eigenvalue weighted by atomic mass is 16.6. The van der Waals surface area contributed by atoms with Crippen LogP contribution >= 0.6 is 0 Å². The van der Waals surface area contributed by atoms with Gasteiger partial charge in [-0.25, -0.2) is 0 Å². The van der Waals surface area contributed by atoms with E-state index in [0.717, 1.165) is 11.8 Å². The molecule has 0 aliphatic rings. The molecule has 0 spiro atoms. The molecule has 1 aromatic heterocycles. The van der Waals surface area contributed by atoms with Crippen molar-refractivity contribution in [1.29, 1.82) is 0 Å². The molecule has 0 fully saturated rings. The van der Waals surface area contributed by atoms with Crippen LogP contribution in [-0.2, 0) is 6.54 Å². The van der Waals surface area contributed by atoms with Crippen molar-refractivity contribution in [3.05, 3.63) is 52.2 Å². The molecule has 17 heavy (non-hydrogen) atoms. The van der Waals surface area contributed by atoms with Gasteiger partial charge in [0.05, 0.1) is 4.92 Å². The molecule has 0 saturated heterocycles. The zero-order valence-corrected chi connectivity index (χ0v) is 10.2. The maximum atomic E-state index is 10.5. The van der Waals surface area contributed by atoms with Crippen LogP contribution in [0.25, 0.3) is 0 Å². The molecule has 0 aliphatic heterocycles. The van der Waals surface area contributed by atoms with E-state index in [1.807, 2.05) is 19.2 Å². The summed E-state index contributed by atoms with van der Waals surface area (Å²) in [5.41, 5.74) is 1.01. The van der Waals surface area contributed by atoms with E-state index in [-0.39, 0.29) is 0 Å². The summed E-state index contributed by atoms with van der Waals surface area (Å²) >= 11 is 0. The Morgan fingerprint density at radius 1 is 1.53 bits per heavy atom. The van der Waals surface area contributed by atoms with Crippen LogP contribution in [0, 0.1) is 10.1 Å². The Labute approximate surface area is 100 Å². The fourth-order valence-electron chi connectivity index (χ4n) is 1.50. The first-order valence-electron chi connectivity index (χ1n) is 5.13. The van der Waals surface area contributed by atoms with Crippen LogP contribution in [0.5, 0.6) is 0 Å². The smallest absolute Gasteiger partial charge is 0.274 e. The molecule has 0 radical (unpaired) electrons. The molecule has 6 heteroatoms. The monoisotopic (exact) mass is 236 g/mol. The molecule has 92 valence electrons. The molecular weight excluding hydrogens is 220 g/mol. The van der Waals surface area contributed by atoms with E-state index in [9.17, 15) is 10.1 Å².